The number of fused-ring (bicyclic) bond motifs is 2. The average molecular weight is 310 g/mol. The fourth-order valence-corrected chi connectivity index (χ4v) is 2.73. The lowest BCUT2D eigenvalue weighted by molar-refractivity contribution is -0.691. The van der Waals surface area contributed by atoms with Gasteiger partial charge in [0, 0.05) is 15.6 Å². The first-order chi connectivity index (χ1) is 10.9. The van der Waals surface area contributed by atoms with Crippen LogP contribution in [0, 0.1) is 0 Å². The molecule has 1 aromatic carbocycles. The molecule has 0 saturated heterocycles. The van der Waals surface area contributed by atoms with Gasteiger partial charge in [-0.05, 0) is 35.9 Å². The highest BCUT2D eigenvalue weighted by Crippen LogP contribution is 2.26. The Labute approximate surface area is 132 Å². The summed E-state index contributed by atoms with van der Waals surface area (Å²) in [6.45, 7) is 2.66. The molecule has 0 saturated carbocycles. The first kappa shape index (κ1) is 17.2. The van der Waals surface area contributed by atoms with Gasteiger partial charge in [0.1, 0.15) is 0 Å². The lowest BCUT2D eigenvalue weighted by atomic mass is 9.97. The van der Waals surface area contributed by atoms with Crippen LogP contribution in [0.4, 0.5) is 0 Å². The molecule has 0 aliphatic carbocycles. The summed E-state index contributed by atoms with van der Waals surface area (Å²) in [4.78, 5) is 9.95. The van der Waals surface area contributed by atoms with Gasteiger partial charge in [0.05, 0.1) is 6.61 Å². The van der Waals surface area contributed by atoms with E-state index in [1.807, 2.05) is 12.1 Å². The van der Waals surface area contributed by atoms with Crippen molar-refractivity contribution in [1.82, 2.24) is 0 Å². The van der Waals surface area contributed by atoms with Crippen molar-refractivity contribution in [3.63, 3.8) is 0 Å². The zero-order valence-corrected chi connectivity index (χ0v) is 13.3. The molecule has 1 heterocycles. The van der Waals surface area contributed by atoms with E-state index in [1.165, 1.54) is 49.7 Å². The van der Waals surface area contributed by atoms with Crippen LogP contribution in [0.2, 0.25) is 0 Å². The zero-order valence-electron chi connectivity index (χ0n) is 13.3. The van der Waals surface area contributed by atoms with Crippen LogP contribution in [0.1, 0.15) is 63.0 Å². The molecule has 5 heteroatoms. The van der Waals surface area contributed by atoms with E-state index in [9.17, 15) is 0 Å². The Hall–Kier alpha value is -1.14. The van der Waals surface area contributed by atoms with Gasteiger partial charge < -0.3 is 4.89 Å². The molecule has 0 amide bonds. The normalized spacial score (nSPS) is 15.3. The predicted octanol–water partition coefficient (Wildman–Crippen LogP) is 4.64. The van der Waals surface area contributed by atoms with Crippen molar-refractivity contribution in [3.8, 4) is 5.75 Å². The summed E-state index contributed by atoms with van der Waals surface area (Å²) in [6, 6.07) is 5.92. The quantitative estimate of drug-likeness (QED) is 0.517. The van der Waals surface area contributed by atoms with E-state index in [-0.39, 0.29) is 0 Å². The predicted molar refractivity (Wildman–Crippen MR) is 81.7 cm³/mol. The van der Waals surface area contributed by atoms with Gasteiger partial charge in [-0.15, -0.1) is 0 Å². The summed E-state index contributed by atoms with van der Waals surface area (Å²) >= 11 is 0. The Morgan fingerprint density at radius 1 is 0.909 bits per heavy atom. The summed E-state index contributed by atoms with van der Waals surface area (Å²) in [5.41, 5.74) is 2.38. The Morgan fingerprint density at radius 2 is 1.73 bits per heavy atom. The highest BCUT2D eigenvalue weighted by Gasteiger charge is 2.13. The molecule has 0 spiro atoms. The molecular formula is C17H26O5. The molecule has 0 atom stereocenters. The third kappa shape index (κ3) is 5.93. The standard InChI is InChI=1S/C17H26O5/c1-2-3-4-5-6-7-8-11-16-15-10-9-12-17(16)19-21-22-20-18-14-13-15/h9-10,12H,2-8,11,13-14H2,1H3. The third-order valence-corrected chi connectivity index (χ3v) is 3.94. The van der Waals surface area contributed by atoms with Gasteiger partial charge >= 0.3 is 0 Å². The molecule has 1 aliphatic heterocycles. The fraction of sp³-hybridized carbons (Fsp3) is 0.647. The van der Waals surface area contributed by atoms with Crippen LogP contribution in [-0.4, -0.2) is 6.61 Å². The van der Waals surface area contributed by atoms with Gasteiger partial charge in [-0.3, -0.25) is 0 Å². The van der Waals surface area contributed by atoms with Gasteiger partial charge in [0.15, 0.2) is 5.75 Å². The second kappa shape index (κ2) is 10.6. The summed E-state index contributed by atoms with van der Waals surface area (Å²) in [6.07, 6.45) is 10.8. The Balaban J connectivity index is 1.84. The van der Waals surface area contributed by atoms with Gasteiger partial charge in [-0.2, -0.15) is 0 Å². The SMILES string of the molecule is CCCCCCCCCc1c2cccc1OOOOOCC2. The van der Waals surface area contributed by atoms with Crippen molar-refractivity contribution in [2.75, 3.05) is 6.61 Å². The molecule has 2 bridgehead atoms. The number of unbranched alkanes of at least 4 members (excludes halogenated alkanes) is 6. The van der Waals surface area contributed by atoms with Gasteiger partial charge in [0.25, 0.3) is 0 Å². The van der Waals surface area contributed by atoms with Crippen LogP contribution in [0.3, 0.4) is 0 Å². The minimum Gasteiger partial charge on any atom is -0.306 e. The highest BCUT2D eigenvalue weighted by molar-refractivity contribution is 5.40. The maximum absolute atomic E-state index is 5.14. The molecule has 0 unspecified atom stereocenters. The second-order valence-electron chi connectivity index (χ2n) is 5.62. The Morgan fingerprint density at radius 3 is 2.59 bits per heavy atom. The van der Waals surface area contributed by atoms with Crippen LogP contribution in [0.25, 0.3) is 0 Å². The van der Waals surface area contributed by atoms with E-state index < -0.39 is 0 Å². The molecular weight excluding hydrogens is 284 g/mol. The topological polar surface area (TPSA) is 46.2 Å². The van der Waals surface area contributed by atoms with E-state index in [0.29, 0.717) is 12.4 Å². The molecule has 0 fully saturated rings. The lowest BCUT2D eigenvalue weighted by Crippen LogP contribution is -2.10. The molecule has 2 rings (SSSR count). The van der Waals surface area contributed by atoms with Crippen LogP contribution in [-0.2, 0) is 32.8 Å². The fourth-order valence-electron chi connectivity index (χ4n) is 2.73. The molecule has 0 aromatic heterocycles. The van der Waals surface area contributed by atoms with Crippen LogP contribution >= 0.6 is 0 Å². The highest BCUT2D eigenvalue weighted by atomic mass is 17.8. The van der Waals surface area contributed by atoms with Gasteiger partial charge in [-0.1, -0.05) is 57.6 Å². The average Bonchev–Trinajstić information content (AvgIpc) is 2.53. The third-order valence-electron chi connectivity index (χ3n) is 3.94. The van der Waals surface area contributed by atoms with Crippen molar-refractivity contribution in [3.05, 3.63) is 29.3 Å². The van der Waals surface area contributed by atoms with Crippen molar-refractivity contribution >= 4 is 0 Å². The second-order valence-corrected chi connectivity index (χ2v) is 5.62. The minimum absolute atomic E-state index is 0.414. The molecule has 0 radical (unpaired) electrons. The lowest BCUT2D eigenvalue weighted by Gasteiger charge is -2.15. The van der Waals surface area contributed by atoms with E-state index >= 15 is 0 Å². The van der Waals surface area contributed by atoms with E-state index in [4.69, 9.17) is 9.78 Å². The monoisotopic (exact) mass is 310 g/mol. The Bertz CT molecular complexity index is 395. The largest absolute Gasteiger partial charge is 0.306 e. The molecule has 22 heavy (non-hydrogen) atoms. The first-order valence-electron chi connectivity index (χ1n) is 8.32. The van der Waals surface area contributed by atoms with Crippen molar-refractivity contribution in [2.24, 2.45) is 0 Å². The van der Waals surface area contributed by atoms with E-state index in [1.54, 1.807) is 0 Å². The van der Waals surface area contributed by atoms with E-state index in [0.717, 1.165) is 19.3 Å². The molecule has 1 aromatic rings. The van der Waals surface area contributed by atoms with E-state index in [2.05, 4.69) is 28.1 Å². The summed E-state index contributed by atoms with van der Waals surface area (Å²) in [7, 11) is 0. The van der Waals surface area contributed by atoms with Gasteiger partial charge in [0.2, 0.25) is 0 Å². The van der Waals surface area contributed by atoms with Gasteiger partial charge in [-0.25, -0.2) is 4.89 Å². The molecule has 1 aliphatic rings. The van der Waals surface area contributed by atoms with Crippen molar-refractivity contribution < 1.29 is 24.9 Å². The van der Waals surface area contributed by atoms with Crippen LogP contribution in [0.15, 0.2) is 18.2 Å². The maximum atomic E-state index is 5.14. The number of benzene rings is 1. The number of hydrogen-bond donors (Lipinski definition) is 0. The minimum atomic E-state index is 0.414. The summed E-state index contributed by atoms with van der Waals surface area (Å²) in [5.74, 6) is 0.689. The smallest absolute Gasteiger partial charge is 0.172 e. The summed E-state index contributed by atoms with van der Waals surface area (Å²) in [5, 5.41) is 13.1. The van der Waals surface area contributed by atoms with Crippen molar-refractivity contribution in [1.29, 1.82) is 0 Å². The van der Waals surface area contributed by atoms with Crippen molar-refractivity contribution in [2.45, 2.75) is 64.7 Å². The Kier molecular flexibility index (Phi) is 8.27. The summed E-state index contributed by atoms with van der Waals surface area (Å²) < 4.78 is 0. The molecule has 124 valence electrons. The molecule has 5 nitrogen and oxygen atoms in total. The van der Waals surface area contributed by atoms with Crippen LogP contribution < -0.4 is 4.89 Å². The zero-order chi connectivity index (χ0) is 15.5. The maximum Gasteiger partial charge on any atom is 0.172 e. The molecule has 0 N–H and O–H groups in total. The number of rotatable bonds is 8. The number of hydrogen-bond acceptors (Lipinski definition) is 5. The first-order valence-corrected chi connectivity index (χ1v) is 8.32. The van der Waals surface area contributed by atoms with Crippen LogP contribution in [0.5, 0.6) is 5.75 Å².